The summed E-state index contributed by atoms with van der Waals surface area (Å²) in [7, 11) is 0. The highest BCUT2D eigenvalue weighted by Crippen LogP contribution is 2.38. The van der Waals surface area contributed by atoms with E-state index >= 15 is 0 Å². The van der Waals surface area contributed by atoms with Gasteiger partial charge in [0.25, 0.3) is 0 Å². The Bertz CT molecular complexity index is 431. The molecule has 5 heteroatoms. The van der Waals surface area contributed by atoms with Crippen LogP contribution in [0.1, 0.15) is 12.8 Å². The maximum atomic E-state index is 12.8. The van der Waals surface area contributed by atoms with Gasteiger partial charge in [-0.15, -0.1) is 0 Å². The maximum Gasteiger partial charge on any atom is 0.225 e. The number of aromatic nitrogens is 2. The first-order valence-electron chi connectivity index (χ1n) is 6.76. The predicted molar refractivity (Wildman–Crippen MR) is 65.8 cm³/mol. The fraction of sp³-hybridized carbons (Fsp3) is 0.692. The highest BCUT2D eigenvalue weighted by molar-refractivity contribution is 5.32. The number of rotatable bonds is 2. The Balaban J connectivity index is 1.44. The first-order chi connectivity index (χ1) is 8.79. The van der Waals surface area contributed by atoms with Gasteiger partial charge in [-0.2, -0.15) is 0 Å². The molecule has 0 N–H and O–H groups in total. The minimum atomic E-state index is -0.363. The molecule has 1 aromatic heterocycles. The van der Waals surface area contributed by atoms with E-state index in [-0.39, 0.29) is 5.82 Å². The molecule has 0 bridgehead atoms. The second-order valence-electron chi connectivity index (χ2n) is 5.81. The molecular weight excluding hydrogens is 231 g/mol. The molecule has 1 saturated carbocycles. The quantitative estimate of drug-likeness (QED) is 0.786. The molecule has 0 radical (unpaired) electrons. The highest BCUT2D eigenvalue weighted by atomic mass is 19.1. The van der Waals surface area contributed by atoms with Gasteiger partial charge in [0.2, 0.25) is 5.95 Å². The van der Waals surface area contributed by atoms with E-state index in [1.165, 1.54) is 38.3 Å². The van der Waals surface area contributed by atoms with Crippen molar-refractivity contribution in [2.24, 2.45) is 11.8 Å². The predicted octanol–water partition coefficient (Wildman–Crippen LogP) is 1.15. The Morgan fingerprint density at radius 2 is 1.61 bits per heavy atom. The van der Waals surface area contributed by atoms with Crippen molar-refractivity contribution < 1.29 is 4.39 Å². The normalized spacial score (nSPS) is 31.9. The van der Waals surface area contributed by atoms with Crippen molar-refractivity contribution in [1.82, 2.24) is 14.9 Å². The summed E-state index contributed by atoms with van der Waals surface area (Å²) in [5.41, 5.74) is 0. The number of hydrogen-bond donors (Lipinski definition) is 0. The summed E-state index contributed by atoms with van der Waals surface area (Å²) in [4.78, 5) is 13.0. The third-order valence-electron chi connectivity index (χ3n) is 4.47. The number of likely N-dealkylation sites (tertiary alicyclic amines) is 1. The fourth-order valence-corrected chi connectivity index (χ4v) is 3.40. The molecule has 2 aliphatic heterocycles. The number of anilines is 1. The molecule has 18 heavy (non-hydrogen) atoms. The van der Waals surface area contributed by atoms with Crippen molar-refractivity contribution in [3.63, 3.8) is 0 Å². The minimum Gasteiger partial charge on any atom is -0.340 e. The molecule has 0 spiro atoms. The Labute approximate surface area is 106 Å². The van der Waals surface area contributed by atoms with E-state index in [9.17, 15) is 4.39 Å². The van der Waals surface area contributed by atoms with Crippen LogP contribution in [0.3, 0.4) is 0 Å². The molecule has 0 aromatic carbocycles. The zero-order chi connectivity index (χ0) is 12.1. The van der Waals surface area contributed by atoms with Crippen LogP contribution in [-0.4, -0.2) is 47.1 Å². The molecule has 4 rings (SSSR count). The molecule has 3 heterocycles. The SMILES string of the molecule is Fc1cnc(N2CC3CN(C4CC4)CC3C2)nc1. The molecule has 2 saturated heterocycles. The molecule has 1 aromatic rings. The molecule has 96 valence electrons. The van der Waals surface area contributed by atoms with Crippen LogP contribution < -0.4 is 4.90 Å². The second kappa shape index (κ2) is 3.88. The number of nitrogens with zero attached hydrogens (tertiary/aromatic N) is 4. The maximum absolute atomic E-state index is 12.8. The summed E-state index contributed by atoms with van der Waals surface area (Å²) in [6, 6.07) is 0.881. The minimum absolute atomic E-state index is 0.363. The van der Waals surface area contributed by atoms with E-state index in [1.54, 1.807) is 0 Å². The molecule has 0 amide bonds. The number of hydrogen-bond acceptors (Lipinski definition) is 4. The fourth-order valence-electron chi connectivity index (χ4n) is 3.40. The smallest absolute Gasteiger partial charge is 0.225 e. The molecule has 1 aliphatic carbocycles. The van der Waals surface area contributed by atoms with Crippen LogP contribution in [0.4, 0.5) is 10.3 Å². The van der Waals surface area contributed by atoms with E-state index in [0.717, 1.165) is 31.0 Å². The summed E-state index contributed by atoms with van der Waals surface area (Å²) in [6.45, 7) is 4.51. The Morgan fingerprint density at radius 3 is 2.17 bits per heavy atom. The summed E-state index contributed by atoms with van der Waals surface area (Å²) in [6.07, 6.45) is 5.30. The Morgan fingerprint density at radius 1 is 1.00 bits per heavy atom. The van der Waals surface area contributed by atoms with Crippen LogP contribution in [0.15, 0.2) is 12.4 Å². The van der Waals surface area contributed by atoms with Gasteiger partial charge >= 0.3 is 0 Å². The summed E-state index contributed by atoms with van der Waals surface area (Å²) >= 11 is 0. The van der Waals surface area contributed by atoms with Crippen LogP contribution in [0.2, 0.25) is 0 Å². The van der Waals surface area contributed by atoms with Gasteiger partial charge in [-0.3, -0.25) is 4.90 Å². The zero-order valence-electron chi connectivity index (χ0n) is 10.3. The first-order valence-corrected chi connectivity index (χ1v) is 6.76. The number of halogens is 1. The molecule has 3 aliphatic rings. The third-order valence-corrected chi connectivity index (χ3v) is 4.47. The van der Waals surface area contributed by atoms with Crippen molar-refractivity contribution in [3.8, 4) is 0 Å². The highest BCUT2D eigenvalue weighted by Gasteiger charge is 2.44. The van der Waals surface area contributed by atoms with Crippen LogP contribution in [0.25, 0.3) is 0 Å². The van der Waals surface area contributed by atoms with Gasteiger partial charge in [-0.05, 0) is 24.7 Å². The van der Waals surface area contributed by atoms with Crippen LogP contribution >= 0.6 is 0 Å². The van der Waals surface area contributed by atoms with Crippen molar-refractivity contribution in [3.05, 3.63) is 18.2 Å². The van der Waals surface area contributed by atoms with Crippen LogP contribution in [0.5, 0.6) is 0 Å². The van der Waals surface area contributed by atoms with E-state index in [4.69, 9.17) is 0 Å². The van der Waals surface area contributed by atoms with E-state index in [1.807, 2.05) is 0 Å². The summed E-state index contributed by atoms with van der Waals surface area (Å²) in [5.74, 6) is 1.82. The van der Waals surface area contributed by atoms with Gasteiger partial charge in [0, 0.05) is 32.2 Å². The molecule has 2 unspecified atom stereocenters. The summed E-state index contributed by atoms with van der Waals surface area (Å²) < 4.78 is 12.8. The largest absolute Gasteiger partial charge is 0.340 e. The lowest BCUT2D eigenvalue weighted by Gasteiger charge is -2.21. The van der Waals surface area contributed by atoms with Crippen molar-refractivity contribution in [1.29, 1.82) is 0 Å². The Hall–Kier alpha value is -1.23. The lowest BCUT2D eigenvalue weighted by Crippen LogP contribution is -2.30. The van der Waals surface area contributed by atoms with Gasteiger partial charge in [0.15, 0.2) is 5.82 Å². The van der Waals surface area contributed by atoms with Gasteiger partial charge in [0.1, 0.15) is 0 Å². The monoisotopic (exact) mass is 248 g/mol. The standard InChI is InChI=1S/C13H17FN4/c14-11-3-15-13(16-4-11)18-7-9-5-17(12-1-2-12)6-10(9)8-18/h3-4,9-10,12H,1-2,5-8H2. The van der Waals surface area contributed by atoms with Crippen molar-refractivity contribution in [2.45, 2.75) is 18.9 Å². The molecule has 3 fully saturated rings. The lowest BCUT2D eigenvalue weighted by atomic mass is 10.0. The van der Waals surface area contributed by atoms with Crippen LogP contribution in [-0.2, 0) is 0 Å². The molecule has 2 atom stereocenters. The summed E-state index contributed by atoms with van der Waals surface area (Å²) in [5, 5.41) is 0. The van der Waals surface area contributed by atoms with Gasteiger partial charge < -0.3 is 4.90 Å². The topological polar surface area (TPSA) is 32.3 Å². The van der Waals surface area contributed by atoms with E-state index in [0.29, 0.717) is 5.95 Å². The van der Waals surface area contributed by atoms with Gasteiger partial charge in [-0.25, -0.2) is 14.4 Å². The van der Waals surface area contributed by atoms with Gasteiger partial charge in [-0.1, -0.05) is 0 Å². The van der Waals surface area contributed by atoms with Crippen molar-refractivity contribution in [2.75, 3.05) is 31.1 Å². The molecule has 4 nitrogen and oxygen atoms in total. The number of fused-ring (bicyclic) bond motifs is 1. The zero-order valence-corrected chi connectivity index (χ0v) is 10.3. The lowest BCUT2D eigenvalue weighted by molar-refractivity contribution is 0.306. The second-order valence-corrected chi connectivity index (χ2v) is 5.81. The first kappa shape index (κ1) is 10.7. The molecular formula is C13H17FN4. The van der Waals surface area contributed by atoms with Gasteiger partial charge in [0.05, 0.1) is 12.4 Å². The van der Waals surface area contributed by atoms with Crippen molar-refractivity contribution >= 4 is 5.95 Å². The van der Waals surface area contributed by atoms with E-state index < -0.39 is 0 Å². The average Bonchev–Trinajstić information content (AvgIpc) is 3.02. The average molecular weight is 248 g/mol. The van der Waals surface area contributed by atoms with E-state index in [2.05, 4.69) is 19.8 Å². The van der Waals surface area contributed by atoms with Crippen LogP contribution in [0, 0.1) is 17.7 Å². The Kier molecular flexibility index (Phi) is 2.30. The third kappa shape index (κ3) is 1.77.